The van der Waals surface area contributed by atoms with Crippen LogP contribution in [0.1, 0.15) is 22.5 Å². The highest BCUT2D eigenvalue weighted by Gasteiger charge is 2.22. The van der Waals surface area contributed by atoms with E-state index in [0.29, 0.717) is 6.54 Å². The highest BCUT2D eigenvalue weighted by molar-refractivity contribution is 5.93. The van der Waals surface area contributed by atoms with E-state index >= 15 is 0 Å². The zero-order valence-corrected chi connectivity index (χ0v) is 15.5. The summed E-state index contributed by atoms with van der Waals surface area (Å²) in [5.41, 5.74) is 6.57. The average molecular weight is 341 g/mol. The molecule has 2 aromatic rings. The zero-order chi connectivity index (χ0) is 18.0. The van der Waals surface area contributed by atoms with Gasteiger partial charge >= 0.3 is 0 Å². The Hall–Kier alpha value is -2.34. The lowest BCUT2D eigenvalue weighted by molar-refractivity contribution is -0.117. The molecule has 3 rings (SSSR count). The number of amides is 1. The molecule has 25 heavy (non-hydrogen) atoms. The number of piperazine rings is 1. The fourth-order valence-corrected chi connectivity index (χ4v) is 3.49. The third-order valence-corrected chi connectivity index (χ3v) is 4.80. The van der Waals surface area contributed by atoms with E-state index in [2.05, 4.69) is 45.2 Å². The van der Waals surface area contributed by atoms with Crippen molar-refractivity contribution in [1.82, 2.24) is 15.1 Å². The van der Waals surface area contributed by atoms with Crippen LogP contribution < -0.4 is 10.2 Å². The van der Waals surface area contributed by atoms with Gasteiger partial charge in [0.2, 0.25) is 5.91 Å². The molecule has 2 heterocycles. The second-order valence-corrected chi connectivity index (χ2v) is 6.91. The SMILES string of the molecule is Cc1ccc(NC(=O)CN2CCN(c3c(C)n[nH]c3C)CC2)c(C)c1. The Bertz CT molecular complexity index is 740. The molecule has 0 bridgehead atoms. The summed E-state index contributed by atoms with van der Waals surface area (Å²) in [7, 11) is 0. The first kappa shape index (κ1) is 17.5. The number of anilines is 2. The van der Waals surface area contributed by atoms with Gasteiger partial charge in [0.05, 0.1) is 23.6 Å². The van der Waals surface area contributed by atoms with Crippen LogP contribution >= 0.6 is 0 Å². The smallest absolute Gasteiger partial charge is 0.238 e. The van der Waals surface area contributed by atoms with Crippen molar-refractivity contribution < 1.29 is 4.79 Å². The van der Waals surface area contributed by atoms with Crippen LogP contribution in [-0.2, 0) is 4.79 Å². The Balaban J connectivity index is 1.53. The molecule has 1 saturated heterocycles. The summed E-state index contributed by atoms with van der Waals surface area (Å²) in [6.45, 7) is 12.2. The Labute approximate surface area is 149 Å². The maximum Gasteiger partial charge on any atom is 0.238 e. The van der Waals surface area contributed by atoms with E-state index in [4.69, 9.17) is 0 Å². The first-order chi connectivity index (χ1) is 11.9. The van der Waals surface area contributed by atoms with Crippen LogP contribution in [0.3, 0.4) is 0 Å². The Kier molecular flexibility index (Phi) is 5.08. The van der Waals surface area contributed by atoms with Crippen LogP contribution in [0.2, 0.25) is 0 Å². The first-order valence-corrected chi connectivity index (χ1v) is 8.80. The van der Waals surface area contributed by atoms with Crippen molar-refractivity contribution in [1.29, 1.82) is 0 Å². The van der Waals surface area contributed by atoms with Crippen molar-refractivity contribution in [2.45, 2.75) is 27.7 Å². The van der Waals surface area contributed by atoms with E-state index in [1.54, 1.807) is 0 Å². The number of aromatic amines is 1. The molecule has 0 unspecified atom stereocenters. The van der Waals surface area contributed by atoms with Crippen molar-refractivity contribution in [3.8, 4) is 0 Å². The number of hydrogen-bond acceptors (Lipinski definition) is 4. The maximum absolute atomic E-state index is 12.4. The summed E-state index contributed by atoms with van der Waals surface area (Å²) in [5.74, 6) is 0.0519. The summed E-state index contributed by atoms with van der Waals surface area (Å²) in [5, 5.41) is 10.4. The zero-order valence-electron chi connectivity index (χ0n) is 15.5. The standard InChI is InChI=1S/C19H27N5O/c1-13-5-6-17(14(2)11-13)20-18(25)12-23-7-9-24(10-8-23)19-15(3)21-22-16(19)4/h5-6,11H,7-10,12H2,1-4H3,(H,20,25)(H,21,22). The minimum absolute atomic E-state index is 0.0519. The topological polar surface area (TPSA) is 64.3 Å². The molecule has 1 aliphatic heterocycles. The average Bonchev–Trinajstić information content (AvgIpc) is 2.90. The van der Waals surface area contributed by atoms with Gasteiger partial charge in [-0.1, -0.05) is 17.7 Å². The molecule has 2 N–H and O–H groups in total. The molecule has 1 aromatic carbocycles. The van der Waals surface area contributed by atoms with E-state index in [-0.39, 0.29) is 5.91 Å². The van der Waals surface area contributed by atoms with Gasteiger partial charge in [-0.15, -0.1) is 0 Å². The molecule has 6 heteroatoms. The molecular formula is C19H27N5O. The van der Waals surface area contributed by atoms with E-state index in [9.17, 15) is 4.79 Å². The predicted molar refractivity (Wildman–Crippen MR) is 101 cm³/mol. The number of rotatable bonds is 4. The van der Waals surface area contributed by atoms with Gasteiger partial charge in [0.25, 0.3) is 0 Å². The highest BCUT2D eigenvalue weighted by Crippen LogP contribution is 2.23. The van der Waals surface area contributed by atoms with Crippen molar-refractivity contribution in [3.63, 3.8) is 0 Å². The number of benzene rings is 1. The van der Waals surface area contributed by atoms with Gasteiger partial charge in [-0.2, -0.15) is 5.10 Å². The summed E-state index contributed by atoms with van der Waals surface area (Å²) >= 11 is 0. The molecule has 0 spiro atoms. The molecule has 6 nitrogen and oxygen atoms in total. The van der Waals surface area contributed by atoms with Gasteiger partial charge in [-0.3, -0.25) is 14.8 Å². The van der Waals surface area contributed by atoms with Crippen molar-refractivity contribution in [2.75, 3.05) is 42.9 Å². The number of nitrogens with one attached hydrogen (secondary N) is 2. The molecular weight excluding hydrogens is 314 g/mol. The van der Waals surface area contributed by atoms with Crippen molar-refractivity contribution in [2.24, 2.45) is 0 Å². The van der Waals surface area contributed by atoms with Gasteiger partial charge in [0.1, 0.15) is 0 Å². The highest BCUT2D eigenvalue weighted by atomic mass is 16.2. The van der Waals surface area contributed by atoms with Crippen molar-refractivity contribution in [3.05, 3.63) is 40.7 Å². The third-order valence-electron chi connectivity index (χ3n) is 4.80. The summed E-state index contributed by atoms with van der Waals surface area (Å²) in [6, 6.07) is 6.09. The molecule has 1 fully saturated rings. The van der Waals surface area contributed by atoms with Gasteiger partial charge < -0.3 is 10.2 Å². The number of aromatic nitrogens is 2. The lowest BCUT2D eigenvalue weighted by Crippen LogP contribution is -2.49. The number of carbonyl (C=O) groups excluding carboxylic acids is 1. The Morgan fingerprint density at radius 1 is 1.16 bits per heavy atom. The number of hydrogen-bond donors (Lipinski definition) is 2. The molecule has 0 saturated carbocycles. The fraction of sp³-hybridized carbons (Fsp3) is 0.474. The molecule has 1 aromatic heterocycles. The second kappa shape index (κ2) is 7.27. The monoisotopic (exact) mass is 341 g/mol. The molecule has 1 amide bonds. The van der Waals surface area contributed by atoms with Crippen LogP contribution in [0.15, 0.2) is 18.2 Å². The van der Waals surface area contributed by atoms with Crippen LogP contribution in [0.4, 0.5) is 11.4 Å². The lowest BCUT2D eigenvalue weighted by atomic mass is 10.1. The fourth-order valence-electron chi connectivity index (χ4n) is 3.49. The van der Waals surface area contributed by atoms with E-state index < -0.39 is 0 Å². The molecule has 0 aliphatic carbocycles. The molecule has 0 atom stereocenters. The molecule has 1 aliphatic rings. The quantitative estimate of drug-likeness (QED) is 0.896. The number of H-pyrrole nitrogens is 1. The van der Waals surface area contributed by atoms with Gasteiger partial charge in [-0.25, -0.2) is 0 Å². The summed E-state index contributed by atoms with van der Waals surface area (Å²) < 4.78 is 0. The van der Waals surface area contributed by atoms with Gasteiger partial charge in [0, 0.05) is 31.9 Å². The Morgan fingerprint density at radius 3 is 2.48 bits per heavy atom. The van der Waals surface area contributed by atoms with Crippen molar-refractivity contribution >= 4 is 17.3 Å². The Morgan fingerprint density at radius 2 is 1.88 bits per heavy atom. The minimum atomic E-state index is 0.0519. The number of aryl methyl sites for hydroxylation is 4. The second-order valence-electron chi connectivity index (χ2n) is 6.91. The van der Waals surface area contributed by atoms with Crippen LogP contribution in [-0.4, -0.2) is 53.7 Å². The van der Waals surface area contributed by atoms with Crippen LogP contribution in [0, 0.1) is 27.7 Å². The number of nitrogens with zero attached hydrogens (tertiary/aromatic N) is 3. The summed E-state index contributed by atoms with van der Waals surface area (Å²) in [4.78, 5) is 16.9. The van der Waals surface area contributed by atoms with E-state index in [0.717, 1.165) is 48.8 Å². The summed E-state index contributed by atoms with van der Waals surface area (Å²) in [6.07, 6.45) is 0. The molecule has 134 valence electrons. The number of carbonyl (C=O) groups is 1. The predicted octanol–water partition coefficient (Wildman–Crippen LogP) is 2.40. The molecule has 0 radical (unpaired) electrons. The van der Waals surface area contributed by atoms with Gasteiger partial charge in [0.15, 0.2) is 0 Å². The van der Waals surface area contributed by atoms with Crippen LogP contribution in [0.5, 0.6) is 0 Å². The van der Waals surface area contributed by atoms with E-state index in [1.807, 2.05) is 26.0 Å². The minimum Gasteiger partial charge on any atom is -0.366 e. The first-order valence-electron chi connectivity index (χ1n) is 8.80. The largest absolute Gasteiger partial charge is 0.366 e. The third kappa shape index (κ3) is 4.02. The van der Waals surface area contributed by atoms with Gasteiger partial charge in [-0.05, 0) is 39.3 Å². The normalized spacial score (nSPS) is 15.4. The van der Waals surface area contributed by atoms with Crippen LogP contribution in [0.25, 0.3) is 0 Å². The lowest BCUT2D eigenvalue weighted by Gasteiger charge is -2.35. The van der Waals surface area contributed by atoms with E-state index in [1.165, 1.54) is 11.3 Å². The maximum atomic E-state index is 12.4.